The van der Waals surface area contributed by atoms with Gasteiger partial charge in [0.1, 0.15) is 0 Å². The van der Waals surface area contributed by atoms with Crippen molar-refractivity contribution in [3.63, 3.8) is 0 Å². The Labute approximate surface area is 138 Å². The Bertz CT molecular complexity index is 720. The van der Waals surface area contributed by atoms with Gasteiger partial charge in [-0.1, -0.05) is 13.8 Å². The van der Waals surface area contributed by atoms with Gasteiger partial charge >= 0.3 is 6.18 Å². The molecule has 2 N–H and O–H groups in total. The van der Waals surface area contributed by atoms with E-state index in [9.17, 15) is 13.2 Å². The molecule has 0 amide bonds. The second kappa shape index (κ2) is 7.06. The second-order valence-corrected chi connectivity index (χ2v) is 5.86. The van der Waals surface area contributed by atoms with E-state index in [2.05, 4.69) is 39.7 Å². The number of fused-ring (bicyclic) bond motifs is 1. The van der Waals surface area contributed by atoms with E-state index in [1.807, 2.05) is 6.92 Å². The first kappa shape index (κ1) is 18.0. The predicted molar refractivity (Wildman–Crippen MR) is 85.6 cm³/mol. The summed E-state index contributed by atoms with van der Waals surface area (Å²) < 4.78 is 39.9. The van der Waals surface area contributed by atoms with Gasteiger partial charge in [0, 0.05) is 19.3 Å². The van der Waals surface area contributed by atoms with Crippen molar-refractivity contribution in [1.29, 1.82) is 0 Å². The molecule has 24 heavy (non-hydrogen) atoms. The average Bonchev–Trinajstić information content (AvgIpc) is 2.92. The largest absolute Gasteiger partial charge is 0.417 e. The Morgan fingerprint density at radius 1 is 1.25 bits per heavy atom. The number of nitrogens with zero attached hydrogens (tertiary/aromatic N) is 4. The molecule has 1 atom stereocenters. The zero-order valence-corrected chi connectivity index (χ0v) is 14.0. The molecular formula is C15H21F3N6. The lowest BCUT2D eigenvalue weighted by Gasteiger charge is -2.20. The first-order valence-electron chi connectivity index (χ1n) is 7.60. The third-order valence-corrected chi connectivity index (χ3v) is 3.80. The molecule has 0 aliphatic heterocycles. The summed E-state index contributed by atoms with van der Waals surface area (Å²) in [5.41, 5.74) is -0.384. The van der Waals surface area contributed by atoms with Crippen LogP contribution in [0.25, 0.3) is 5.65 Å². The monoisotopic (exact) mass is 342 g/mol. The molecule has 2 aromatic heterocycles. The fourth-order valence-corrected chi connectivity index (χ4v) is 1.97. The molecule has 1 unspecified atom stereocenters. The van der Waals surface area contributed by atoms with Crippen LogP contribution in [0.3, 0.4) is 0 Å². The Hall–Kier alpha value is -2.32. The molecule has 9 heteroatoms. The Morgan fingerprint density at radius 2 is 1.96 bits per heavy atom. The zero-order chi connectivity index (χ0) is 17.9. The summed E-state index contributed by atoms with van der Waals surface area (Å²) in [5, 5.41) is 14.1. The maximum atomic E-state index is 12.8. The Morgan fingerprint density at radius 3 is 2.54 bits per heavy atom. The minimum absolute atomic E-state index is 0.197. The van der Waals surface area contributed by atoms with Crippen molar-refractivity contribution < 1.29 is 13.2 Å². The molecule has 0 bridgehead atoms. The quantitative estimate of drug-likeness (QED) is 0.662. The molecule has 0 radical (unpaired) electrons. The van der Waals surface area contributed by atoms with Gasteiger partial charge in [-0.3, -0.25) is 9.39 Å². The molecule has 0 saturated carbocycles. The van der Waals surface area contributed by atoms with Crippen LogP contribution in [0, 0.1) is 5.92 Å². The van der Waals surface area contributed by atoms with E-state index in [1.165, 1.54) is 10.5 Å². The summed E-state index contributed by atoms with van der Waals surface area (Å²) in [7, 11) is 1.63. The second-order valence-electron chi connectivity index (χ2n) is 5.86. The molecule has 0 saturated heterocycles. The van der Waals surface area contributed by atoms with Crippen LogP contribution in [0.1, 0.15) is 32.2 Å². The first-order valence-corrected chi connectivity index (χ1v) is 7.60. The summed E-state index contributed by atoms with van der Waals surface area (Å²) in [4.78, 5) is 4.10. The highest BCUT2D eigenvalue weighted by Gasteiger charge is 2.31. The number of aromatic nitrogens is 3. The van der Waals surface area contributed by atoms with Gasteiger partial charge in [0.2, 0.25) is 0 Å². The molecule has 0 aliphatic rings. The van der Waals surface area contributed by atoms with Gasteiger partial charge in [-0.05, 0) is 25.0 Å². The third-order valence-electron chi connectivity index (χ3n) is 3.80. The topological polar surface area (TPSA) is 66.6 Å². The number of nitrogens with one attached hydrogen (secondary N) is 2. The lowest BCUT2D eigenvalue weighted by molar-refractivity contribution is -0.137. The molecule has 0 aliphatic carbocycles. The van der Waals surface area contributed by atoms with E-state index in [-0.39, 0.29) is 12.6 Å². The fraction of sp³-hybridized carbons (Fsp3) is 0.533. The molecule has 0 fully saturated rings. The van der Waals surface area contributed by atoms with E-state index in [1.54, 1.807) is 7.05 Å². The van der Waals surface area contributed by atoms with Crippen molar-refractivity contribution in [3.8, 4) is 0 Å². The summed E-state index contributed by atoms with van der Waals surface area (Å²) in [6.45, 7) is 6.39. The molecule has 2 heterocycles. The van der Waals surface area contributed by atoms with Crippen molar-refractivity contribution in [1.82, 2.24) is 25.2 Å². The number of hydrogen-bond acceptors (Lipinski definition) is 3. The van der Waals surface area contributed by atoms with Crippen LogP contribution in [-0.4, -0.2) is 33.6 Å². The van der Waals surface area contributed by atoms with Gasteiger partial charge in [0.15, 0.2) is 17.4 Å². The van der Waals surface area contributed by atoms with Crippen LogP contribution in [0.15, 0.2) is 23.3 Å². The van der Waals surface area contributed by atoms with Crippen LogP contribution >= 0.6 is 0 Å². The Kier molecular flexibility index (Phi) is 5.30. The molecule has 2 rings (SSSR count). The number of pyridine rings is 1. The molecular weight excluding hydrogens is 321 g/mol. The van der Waals surface area contributed by atoms with Gasteiger partial charge in [-0.2, -0.15) is 13.2 Å². The van der Waals surface area contributed by atoms with Crippen molar-refractivity contribution in [2.45, 2.75) is 39.5 Å². The smallest absolute Gasteiger partial charge is 0.354 e. The van der Waals surface area contributed by atoms with Crippen molar-refractivity contribution >= 4 is 11.6 Å². The number of alkyl halides is 3. The minimum atomic E-state index is -4.41. The standard InChI is InChI=1S/C15H21F3N6/c1-9(2)10(3)21-14(19-4)20-7-13-23-22-12-6-5-11(8-24(12)13)15(16,17)18/h5-6,8-10H,7H2,1-4H3,(H2,19,20,21). The number of halogens is 3. The van der Waals surface area contributed by atoms with E-state index in [0.29, 0.717) is 23.3 Å². The molecule has 0 aromatic carbocycles. The maximum absolute atomic E-state index is 12.8. The minimum Gasteiger partial charge on any atom is -0.354 e. The summed E-state index contributed by atoms with van der Waals surface area (Å²) in [6, 6.07) is 2.49. The van der Waals surface area contributed by atoms with Crippen molar-refractivity contribution in [2.75, 3.05) is 7.05 Å². The number of guanidine groups is 1. The lowest BCUT2D eigenvalue weighted by atomic mass is 10.1. The van der Waals surface area contributed by atoms with E-state index in [4.69, 9.17) is 0 Å². The normalized spacial score (nSPS) is 14.2. The summed E-state index contributed by atoms with van der Waals surface area (Å²) >= 11 is 0. The SMILES string of the molecule is CN=C(NCc1nnc2ccc(C(F)(F)F)cn12)NC(C)C(C)C. The van der Waals surface area contributed by atoms with Gasteiger partial charge in [-0.15, -0.1) is 10.2 Å². The fourth-order valence-electron chi connectivity index (χ4n) is 1.97. The molecule has 0 spiro atoms. The summed E-state index contributed by atoms with van der Waals surface area (Å²) in [5.74, 6) is 1.34. The van der Waals surface area contributed by atoms with Crippen LogP contribution in [0.2, 0.25) is 0 Å². The van der Waals surface area contributed by atoms with Gasteiger partial charge in [0.25, 0.3) is 0 Å². The average molecular weight is 342 g/mol. The van der Waals surface area contributed by atoms with Gasteiger partial charge in [0.05, 0.1) is 12.1 Å². The van der Waals surface area contributed by atoms with E-state index in [0.717, 1.165) is 12.3 Å². The van der Waals surface area contributed by atoms with Crippen molar-refractivity contribution in [2.24, 2.45) is 10.9 Å². The van der Waals surface area contributed by atoms with Crippen LogP contribution in [-0.2, 0) is 12.7 Å². The van der Waals surface area contributed by atoms with Crippen LogP contribution in [0.5, 0.6) is 0 Å². The van der Waals surface area contributed by atoms with E-state index < -0.39 is 11.7 Å². The number of aliphatic imine (C=N–C) groups is 1. The highest BCUT2D eigenvalue weighted by atomic mass is 19.4. The third kappa shape index (κ3) is 4.15. The van der Waals surface area contributed by atoms with Crippen LogP contribution < -0.4 is 10.6 Å². The Balaban J connectivity index is 2.15. The maximum Gasteiger partial charge on any atom is 0.417 e. The molecule has 2 aromatic rings. The van der Waals surface area contributed by atoms with Crippen molar-refractivity contribution in [3.05, 3.63) is 29.7 Å². The molecule has 6 nitrogen and oxygen atoms in total. The van der Waals surface area contributed by atoms with Gasteiger partial charge < -0.3 is 10.6 Å². The predicted octanol–water partition coefficient (Wildman–Crippen LogP) is 2.46. The zero-order valence-electron chi connectivity index (χ0n) is 14.0. The highest BCUT2D eigenvalue weighted by Crippen LogP contribution is 2.29. The van der Waals surface area contributed by atoms with Crippen LogP contribution in [0.4, 0.5) is 13.2 Å². The number of hydrogen-bond donors (Lipinski definition) is 2. The van der Waals surface area contributed by atoms with E-state index >= 15 is 0 Å². The van der Waals surface area contributed by atoms with Gasteiger partial charge in [-0.25, -0.2) is 0 Å². The first-order chi connectivity index (χ1) is 11.2. The summed E-state index contributed by atoms with van der Waals surface area (Å²) in [6.07, 6.45) is -3.41. The highest BCUT2D eigenvalue weighted by molar-refractivity contribution is 5.79. The lowest BCUT2D eigenvalue weighted by Crippen LogP contribution is -2.44. The number of rotatable bonds is 4. The molecule has 132 valence electrons.